The molecule has 0 saturated carbocycles. The normalized spacial score (nSPS) is 21.2. The molecule has 7 heteroatoms. The highest BCUT2D eigenvalue weighted by molar-refractivity contribution is 5.78. The summed E-state index contributed by atoms with van der Waals surface area (Å²) in [4.78, 5) is 4.92. The Balaban J connectivity index is 0.000000880. The van der Waals surface area contributed by atoms with Gasteiger partial charge < -0.3 is 16.1 Å². The van der Waals surface area contributed by atoms with Gasteiger partial charge in [-0.1, -0.05) is 13.8 Å². The number of hydrazine groups is 1. The van der Waals surface area contributed by atoms with E-state index in [2.05, 4.69) is 33.7 Å². The number of nitrogen functional groups attached to an aromatic ring is 1. The second-order valence-corrected chi connectivity index (χ2v) is 6.49. The van der Waals surface area contributed by atoms with Crippen LogP contribution in [0.4, 0.5) is 5.82 Å². The molecule has 2 aliphatic rings. The van der Waals surface area contributed by atoms with E-state index >= 15 is 0 Å². The van der Waals surface area contributed by atoms with Crippen LogP contribution in [0.1, 0.15) is 43.9 Å². The van der Waals surface area contributed by atoms with Gasteiger partial charge in [0.05, 0.1) is 11.9 Å². The number of hydrogen-bond acceptors (Lipinski definition) is 6. The van der Waals surface area contributed by atoms with E-state index < -0.39 is 0 Å². The van der Waals surface area contributed by atoms with E-state index in [-0.39, 0.29) is 0 Å². The first-order valence-corrected chi connectivity index (χ1v) is 9.13. The summed E-state index contributed by atoms with van der Waals surface area (Å²) in [6, 6.07) is 1.97. The lowest BCUT2D eigenvalue weighted by atomic mass is 9.96. The van der Waals surface area contributed by atoms with E-state index in [1.165, 1.54) is 12.0 Å². The molecule has 2 aromatic heterocycles. The molecular weight excluding hydrogens is 314 g/mol. The molecule has 0 aromatic carbocycles. The Bertz CT molecular complexity index is 758. The van der Waals surface area contributed by atoms with Crippen LogP contribution in [0.5, 0.6) is 0 Å². The van der Waals surface area contributed by atoms with Gasteiger partial charge in [0.2, 0.25) is 0 Å². The lowest BCUT2D eigenvalue weighted by Crippen LogP contribution is -2.29. The monoisotopic (exact) mass is 343 g/mol. The minimum absolute atomic E-state index is 0.432. The third kappa shape index (κ3) is 3.34. The van der Waals surface area contributed by atoms with E-state index in [1.54, 1.807) is 4.52 Å². The Labute approximate surface area is 149 Å². The zero-order chi connectivity index (χ0) is 18.0. The van der Waals surface area contributed by atoms with E-state index in [0.29, 0.717) is 11.7 Å². The van der Waals surface area contributed by atoms with Crippen molar-refractivity contribution in [2.24, 2.45) is 0 Å². The molecule has 3 N–H and O–H groups in total. The predicted molar refractivity (Wildman–Crippen MR) is 102 cm³/mol. The standard InChI is InChI=1S/C16H23N7.C2H6/c1-21-9-12(10-22(21)2)13-8-19-23-15(17)6-14(20-16(13)23)11-4-3-5-18-7-11;1-2/h6,8-9,11,18H,3-5,7,10,17H2,1-2H3;1-2H3. The number of piperidine rings is 1. The summed E-state index contributed by atoms with van der Waals surface area (Å²) in [5.41, 5.74) is 10.5. The number of hydrogen-bond donors (Lipinski definition) is 2. The van der Waals surface area contributed by atoms with Crippen molar-refractivity contribution in [3.63, 3.8) is 0 Å². The second-order valence-electron chi connectivity index (χ2n) is 6.49. The molecule has 25 heavy (non-hydrogen) atoms. The molecule has 0 radical (unpaired) electrons. The van der Waals surface area contributed by atoms with Gasteiger partial charge in [-0.05, 0) is 25.0 Å². The van der Waals surface area contributed by atoms with Gasteiger partial charge in [0.25, 0.3) is 0 Å². The topological polar surface area (TPSA) is 74.7 Å². The minimum atomic E-state index is 0.432. The molecule has 1 saturated heterocycles. The number of nitrogens with one attached hydrogen (secondary N) is 1. The SMILES string of the molecule is CC.CN1C=C(c2cnn3c(N)cc(C4CCCNC4)nc23)CN1C. The van der Waals surface area contributed by atoms with Crippen LogP contribution in [0.25, 0.3) is 11.2 Å². The smallest absolute Gasteiger partial charge is 0.165 e. The van der Waals surface area contributed by atoms with Crippen molar-refractivity contribution in [3.8, 4) is 0 Å². The van der Waals surface area contributed by atoms with Crippen LogP contribution < -0.4 is 11.1 Å². The number of aromatic nitrogens is 3. The number of fused-ring (bicyclic) bond motifs is 1. The van der Waals surface area contributed by atoms with Crippen molar-refractivity contribution in [1.29, 1.82) is 0 Å². The van der Waals surface area contributed by atoms with Crippen molar-refractivity contribution in [3.05, 3.63) is 29.7 Å². The lowest BCUT2D eigenvalue weighted by Gasteiger charge is -2.22. The summed E-state index contributed by atoms with van der Waals surface area (Å²) in [6.45, 7) is 6.92. The minimum Gasteiger partial charge on any atom is -0.384 e. The maximum atomic E-state index is 6.23. The second kappa shape index (κ2) is 7.41. The summed E-state index contributed by atoms with van der Waals surface area (Å²) in [7, 11) is 4.11. The molecule has 4 heterocycles. The van der Waals surface area contributed by atoms with Crippen LogP contribution in [-0.2, 0) is 0 Å². The molecule has 0 spiro atoms. The van der Waals surface area contributed by atoms with Crippen molar-refractivity contribution in [1.82, 2.24) is 29.9 Å². The maximum absolute atomic E-state index is 6.23. The van der Waals surface area contributed by atoms with Crippen LogP contribution in [0.15, 0.2) is 18.5 Å². The van der Waals surface area contributed by atoms with E-state index in [9.17, 15) is 0 Å². The van der Waals surface area contributed by atoms with Crippen LogP contribution in [0, 0.1) is 0 Å². The number of anilines is 1. The van der Waals surface area contributed by atoms with Crippen LogP contribution in [0.3, 0.4) is 0 Å². The number of nitrogens with two attached hydrogens (primary N) is 1. The highest BCUT2D eigenvalue weighted by Gasteiger charge is 2.23. The molecule has 0 bridgehead atoms. The number of nitrogens with zero attached hydrogens (tertiary/aromatic N) is 5. The van der Waals surface area contributed by atoms with Gasteiger partial charge in [-0.15, -0.1) is 0 Å². The molecule has 1 unspecified atom stereocenters. The summed E-state index contributed by atoms with van der Waals surface area (Å²) in [5, 5.41) is 12.1. The van der Waals surface area contributed by atoms with Crippen molar-refractivity contribution >= 4 is 17.0 Å². The summed E-state index contributed by atoms with van der Waals surface area (Å²) in [5.74, 6) is 1.09. The average Bonchev–Trinajstić information content (AvgIpc) is 3.21. The Morgan fingerprint density at radius 1 is 1.28 bits per heavy atom. The molecule has 2 aromatic rings. The van der Waals surface area contributed by atoms with Crippen molar-refractivity contribution in [2.75, 3.05) is 39.5 Å². The number of likely N-dealkylation sites (N-methyl/N-ethyl adjacent to an activating group) is 1. The summed E-state index contributed by atoms with van der Waals surface area (Å²) < 4.78 is 1.74. The molecular formula is C18H29N7. The van der Waals surface area contributed by atoms with E-state index in [0.717, 1.165) is 43.0 Å². The number of rotatable bonds is 2. The first kappa shape index (κ1) is 17.7. The third-order valence-electron chi connectivity index (χ3n) is 4.86. The predicted octanol–water partition coefficient (Wildman–Crippen LogP) is 1.94. The van der Waals surface area contributed by atoms with Crippen molar-refractivity contribution < 1.29 is 0 Å². The van der Waals surface area contributed by atoms with Gasteiger partial charge >= 0.3 is 0 Å². The fraction of sp³-hybridized carbons (Fsp3) is 0.556. The molecule has 1 atom stereocenters. The third-order valence-corrected chi connectivity index (χ3v) is 4.86. The molecule has 7 nitrogen and oxygen atoms in total. The molecule has 136 valence electrons. The highest BCUT2D eigenvalue weighted by atomic mass is 15.6. The molecule has 0 aliphatic carbocycles. The maximum Gasteiger partial charge on any atom is 0.165 e. The van der Waals surface area contributed by atoms with Gasteiger partial charge in [-0.25, -0.2) is 9.99 Å². The van der Waals surface area contributed by atoms with E-state index in [1.807, 2.05) is 33.2 Å². The zero-order valence-electron chi connectivity index (χ0n) is 15.7. The van der Waals surface area contributed by atoms with E-state index in [4.69, 9.17) is 10.7 Å². The first-order chi connectivity index (χ1) is 12.1. The molecule has 2 aliphatic heterocycles. The van der Waals surface area contributed by atoms with Crippen LogP contribution >= 0.6 is 0 Å². The first-order valence-electron chi connectivity index (χ1n) is 9.13. The largest absolute Gasteiger partial charge is 0.384 e. The van der Waals surface area contributed by atoms with Gasteiger partial charge in [0.15, 0.2) is 5.65 Å². The Morgan fingerprint density at radius 2 is 2.08 bits per heavy atom. The quantitative estimate of drug-likeness (QED) is 0.868. The fourth-order valence-corrected chi connectivity index (χ4v) is 3.42. The van der Waals surface area contributed by atoms with Gasteiger partial charge in [-0.2, -0.15) is 9.61 Å². The van der Waals surface area contributed by atoms with Gasteiger partial charge in [0, 0.05) is 50.9 Å². The van der Waals surface area contributed by atoms with Gasteiger partial charge in [-0.3, -0.25) is 0 Å². The lowest BCUT2D eigenvalue weighted by molar-refractivity contribution is 0.118. The van der Waals surface area contributed by atoms with Crippen molar-refractivity contribution in [2.45, 2.75) is 32.6 Å². The summed E-state index contributed by atoms with van der Waals surface area (Å²) in [6.07, 6.45) is 6.35. The Hall–Kier alpha value is -2.12. The molecule has 4 rings (SSSR count). The zero-order valence-corrected chi connectivity index (χ0v) is 15.7. The van der Waals surface area contributed by atoms with Crippen LogP contribution in [0.2, 0.25) is 0 Å². The average molecular weight is 343 g/mol. The Morgan fingerprint density at radius 3 is 2.72 bits per heavy atom. The van der Waals surface area contributed by atoms with Gasteiger partial charge in [0.1, 0.15) is 5.82 Å². The summed E-state index contributed by atoms with van der Waals surface area (Å²) >= 11 is 0. The Kier molecular flexibility index (Phi) is 5.24. The van der Waals surface area contributed by atoms with Crippen LogP contribution in [-0.4, -0.2) is 58.3 Å². The fourth-order valence-electron chi connectivity index (χ4n) is 3.42. The molecule has 1 fully saturated rings. The highest BCUT2D eigenvalue weighted by Crippen LogP contribution is 2.29. The molecule has 0 amide bonds.